The van der Waals surface area contributed by atoms with Crippen LogP contribution in [0.1, 0.15) is 56.1 Å². The third kappa shape index (κ3) is 4.51. The van der Waals surface area contributed by atoms with Gasteiger partial charge in [-0.1, -0.05) is 23.8 Å². The molecule has 1 aliphatic heterocycles. The number of fused-ring (bicyclic) bond motifs is 3. The van der Waals surface area contributed by atoms with E-state index in [1.807, 2.05) is 19.1 Å². The summed E-state index contributed by atoms with van der Waals surface area (Å²) in [5, 5.41) is 0. The molecule has 1 saturated heterocycles. The Kier molecular flexibility index (Phi) is 6.30. The molecule has 202 valence electrons. The topological polar surface area (TPSA) is 83.7 Å². The largest absolute Gasteiger partial charge is 0.443 e. The molecular weight excluding hydrogens is 512 g/mol. The van der Waals surface area contributed by atoms with E-state index >= 15 is 0 Å². The lowest BCUT2D eigenvalue weighted by Gasteiger charge is -2.41. The quantitative estimate of drug-likeness (QED) is 0.422. The van der Waals surface area contributed by atoms with Crippen LogP contribution in [0.25, 0.3) is 11.1 Å². The lowest BCUT2D eigenvalue weighted by Crippen LogP contribution is -2.56. The van der Waals surface area contributed by atoms with Crippen LogP contribution in [0.2, 0.25) is 0 Å². The third-order valence-corrected chi connectivity index (χ3v) is 10.5. The van der Waals surface area contributed by atoms with Crippen molar-refractivity contribution in [1.29, 1.82) is 0 Å². The van der Waals surface area contributed by atoms with Crippen molar-refractivity contribution in [3.05, 3.63) is 60.0 Å². The number of hydrogen-bond acceptors (Lipinski definition) is 5. The van der Waals surface area contributed by atoms with Crippen LogP contribution in [-0.2, 0) is 21.4 Å². The summed E-state index contributed by atoms with van der Waals surface area (Å²) in [6.07, 6.45) is 3.27. The van der Waals surface area contributed by atoms with Gasteiger partial charge in [0.1, 0.15) is 11.6 Å². The van der Waals surface area contributed by atoms with Crippen molar-refractivity contribution in [3.8, 4) is 0 Å². The first-order valence-corrected chi connectivity index (χ1v) is 14.7. The molecule has 1 aromatic heterocycles. The van der Waals surface area contributed by atoms with Gasteiger partial charge in [-0.05, 0) is 74.8 Å². The number of aryl methyl sites for hydroxylation is 1. The van der Waals surface area contributed by atoms with Gasteiger partial charge in [-0.25, -0.2) is 22.2 Å². The van der Waals surface area contributed by atoms with Gasteiger partial charge in [0, 0.05) is 31.5 Å². The van der Waals surface area contributed by atoms with E-state index < -0.39 is 28.0 Å². The molecule has 3 aromatic rings. The third-order valence-electron chi connectivity index (χ3n) is 8.53. The lowest BCUT2D eigenvalue weighted by atomic mass is 9.89. The van der Waals surface area contributed by atoms with Crippen molar-refractivity contribution >= 4 is 27.0 Å². The van der Waals surface area contributed by atoms with Gasteiger partial charge in [-0.3, -0.25) is 4.79 Å². The molecule has 6 rings (SSSR count). The molecule has 2 aromatic carbocycles. The van der Waals surface area contributed by atoms with Crippen LogP contribution in [-0.4, -0.2) is 52.6 Å². The predicted octanol–water partition coefficient (Wildman–Crippen LogP) is 5.28. The Labute approximate surface area is 220 Å². The molecular formula is C28H31F2N3O4S. The summed E-state index contributed by atoms with van der Waals surface area (Å²) in [5.41, 5.74) is 3.00. The number of piperidine rings is 1. The van der Waals surface area contributed by atoms with Crippen LogP contribution in [0.4, 0.5) is 8.78 Å². The smallest absolute Gasteiger partial charge is 0.248 e. The fourth-order valence-corrected chi connectivity index (χ4v) is 8.39. The molecule has 3 aliphatic rings. The summed E-state index contributed by atoms with van der Waals surface area (Å²) >= 11 is 0. The number of oxazole rings is 1. The molecule has 0 radical (unpaired) electrons. The highest BCUT2D eigenvalue weighted by Gasteiger charge is 2.56. The first-order chi connectivity index (χ1) is 18.1. The summed E-state index contributed by atoms with van der Waals surface area (Å²) in [6.45, 7) is 2.08. The molecule has 3 fully saturated rings. The van der Waals surface area contributed by atoms with E-state index in [0.29, 0.717) is 17.5 Å². The number of nitrogens with zero attached hydrogens (tertiary/aromatic N) is 3. The van der Waals surface area contributed by atoms with E-state index in [1.165, 1.54) is 10.7 Å². The average molecular weight is 544 g/mol. The summed E-state index contributed by atoms with van der Waals surface area (Å²) in [5.74, 6) is -3.12. The molecule has 10 heteroatoms. The monoisotopic (exact) mass is 543 g/mol. The lowest BCUT2D eigenvalue weighted by molar-refractivity contribution is -0.143. The number of hydrogen-bond donors (Lipinski definition) is 0. The van der Waals surface area contributed by atoms with Gasteiger partial charge < -0.3 is 9.32 Å². The van der Waals surface area contributed by atoms with Gasteiger partial charge >= 0.3 is 0 Å². The van der Waals surface area contributed by atoms with Gasteiger partial charge in [0.2, 0.25) is 21.9 Å². The summed E-state index contributed by atoms with van der Waals surface area (Å²) in [4.78, 5) is 20.3. The van der Waals surface area contributed by atoms with Gasteiger partial charge in [0.05, 0.1) is 4.90 Å². The van der Waals surface area contributed by atoms with E-state index in [0.717, 1.165) is 24.0 Å². The van der Waals surface area contributed by atoms with Crippen molar-refractivity contribution < 1.29 is 26.4 Å². The van der Waals surface area contributed by atoms with Crippen LogP contribution < -0.4 is 0 Å². The Balaban J connectivity index is 1.35. The summed E-state index contributed by atoms with van der Waals surface area (Å²) < 4.78 is 62.7. The molecule has 0 spiro atoms. The first-order valence-electron chi connectivity index (χ1n) is 13.2. The number of aromatic nitrogens is 1. The van der Waals surface area contributed by atoms with Crippen molar-refractivity contribution in [1.82, 2.24) is 14.2 Å². The zero-order valence-corrected chi connectivity index (χ0v) is 22.0. The van der Waals surface area contributed by atoms with Gasteiger partial charge in [-0.15, -0.1) is 0 Å². The molecule has 2 saturated carbocycles. The highest BCUT2D eigenvalue weighted by molar-refractivity contribution is 7.89. The number of benzene rings is 2. The van der Waals surface area contributed by atoms with E-state index in [-0.39, 0.29) is 55.0 Å². The number of halogens is 2. The molecule has 3 atom stereocenters. The minimum atomic E-state index is -3.91. The van der Waals surface area contributed by atoms with E-state index in [4.69, 9.17) is 4.42 Å². The number of amides is 1. The molecule has 1 amide bonds. The number of carbonyl (C=O) groups excluding carboxylic acids is 1. The first kappa shape index (κ1) is 25.4. The Morgan fingerprint density at radius 3 is 2.58 bits per heavy atom. The maximum Gasteiger partial charge on any atom is 0.248 e. The fourth-order valence-electron chi connectivity index (χ4n) is 6.52. The van der Waals surface area contributed by atoms with E-state index in [1.54, 1.807) is 35.2 Å². The van der Waals surface area contributed by atoms with Crippen molar-refractivity contribution in [2.24, 2.45) is 5.92 Å². The summed E-state index contributed by atoms with van der Waals surface area (Å²) in [7, 11) is -3.91. The highest BCUT2D eigenvalue weighted by atomic mass is 32.2. The molecule has 2 aliphatic carbocycles. The number of rotatable bonds is 6. The van der Waals surface area contributed by atoms with E-state index in [9.17, 15) is 22.0 Å². The van der Waals surface area contributed by atoms with Gasteiger partial charge in [0.15, 0.2) is 12.0 Å². The number of carbonyl (C=O) groups is 1. The second-order valence-corrected chi connectivity index (χ2v) is 12.9. The maximum absolute atomic E-state index is 14.4. The van der Waals surface area contributed by atoms with Crippen LogP contribution in [0, 0.1) is 12.8 Å². The van der Waals surface area contributed by atoms with Crippen LogP contribution in [0.5, 0.6) is 0 Å². The van der Waals surface area contributed by atoms with Crippen LogP contribution >= 0.6 is 0 Å². The zero-order valence-electron chi connectivity index (χ0n) is 21.2. The average Bonchev–Trinajstić information content (AvgIpc) is 3.63. The molecule has 38 heavy (non-hydrogen) atoms. The number of alkyl halides is 2. The fraction of sp³-hybridized carbons (Fsp3) is 0.500. The second-order valence-electron chi connectivity index (χ2n) is 11.0. The maximum atomic E-state index is 14.4. The zero-order chi connectivity index (χ0) is 26.7. The van der Waals surface area contributed by atoms with Gasteiger partial charge in [-0.2, -0.15) is 4.31 Å². The minimum Gasteiger partial charge on any atom is -0.443 e. The van der Waals surface area contributed by atoms with Crippen molar-refractivity contribution in [2.75, 3.05) is 0 Å². The Bertz CT molecular complexity index is 1450. The molecule has 0 unspecified atom stereocenters. The summed E-state index contributed by atoms with van der Waals surface area (Å²) in [6, 6.07) is 10.7. The van der Waals surface area contributed by atoms with Gasteiger partial charge in [0.25, 0.3) is 0 Å². The molecule has 2 heterocycles. The Morgan fingerprint density at radius 1 is 1.11 bits per heavy atom. The second kappa shape index (κ2) is 9.41. The van der Waals surface area contributed by atoms with Crippen LogP contribution in [0.3, 0.4) is 0 Å². The Hall–Kier alpha value is -2.85. The van der Waals surface area contributed by atoms with Crippen LogP contribution in [0.15, 0.2) is 58.2 Å². The predicted molar refractivity (Wildman–Crippen MR) is 137 cm³/mol. The molecule has 7 nitrogen and oxygen atoms in total. The standard InChI is InChI=1S/C28H31F2N3O4S/c1-18-2-7-23(8-3-18)38(35,36)33-22-6-5-20(15-22)26(33)27(34)32(21-10-12-28(29,30)13-11-21)16-19-4-9-24-25(14-19)37-17-31-24/h2-4,7-9,14,17,20-22,26H,5-6,10-13,15-16H2,1H3/t20-,22+,26-/m0/s1. The molecule has 2 bridgehead atoms. The SMILES string of the molecule is Cc1ccc(S(=O)(=O)N2[C@@H]3CC[C@@H](C3)[C@H]2C(=O)N(Cc2ccc3ncoc3c2)C2CCC(F)(F)CC2)cc1. The Morgan fingerprint density at radius 2 is 1.84 bits per heavy atom. The van der Waals surface area contributed by atoms with Crippen molar-refractivity contribution in [3.63, 3.8) is 0 Å². The minimum absolute atomic E-state index is 0.0861. The van der Waals surface area contributed by atoms with E-state index in [2.05, 4.69) is 4.98 Å². The highest BCUT2D eigenvalue weighted by Crippen LogP contribution is 2.47. The number of sulfonamides is 1. The molecule has 0 N–H and O–H groups in total. The normalized spacial score (nSPS) is 25.7. The van der Waals surface area contributed by atoms with Crippen molar-refractivity contribution in [2.45, 2.75) is 87.4 Å².